The molecule has 2 heterocycles. The maximum absolute atomic E-state index is 13.1. The van der Waals surface area contributed by atoms with Crippen LogP contribution in [0.1, 0.15) is 149 Å². The van der Waals surface area contributed by atoms with Crippen LogP contribution in [0.5, 0.6) is 0 Å². The molecule has 2 aliphatic rings. The first-order chi connectivity index (χ1) is 32.6. The number of amides is 1. The molecule has 2 fully saturated rings. The van der Waals surface area contributed by atoms with Gasteiger partial charge in [0, 0.05) is 6.42 Å². The lowest BCUT2D eigenvalue weighted by Gasteiger charge is -2.46. The van der Waals surface area contributed by atoms with Gasteiger partial charge >= 0.3 is 0 Å². The maximum atomic E-state index is 13.1. The maximum Gasteiger partial charge on any atom is 0.220 e. The zero-order valence-electron chi connectivity index (χ0n) is 40.6. The molecule has 12 unspecified atom stereocenters. The second kappa shape index (κ2) is 39.0. The molecule has 0 bridgehead atoms. The van der Waals surface area contributed by atoms with Crippen LogP contribution >= 0.6 is 0 Å². The van der Waals surface area contributed by atoms with Gasteiger partial charge in [0.2, 0.25) is 5.91 Å². The highest BCUT2D eigenvalue weighted by molar-refractivity contribution is 5.76. The highest BCUT2D eigenvalue weighted by Crippen LogP contribution is 2.30. The third-order valence-corrected chi connectivity index (χ3v) is 11.9. The van der Waals surface area contributed by atoms with E-state index in [4.69, 9.17) is 18.9 Å². The van der Waals surface area contributed by atoms with Gasteiger partial charge in [0.25, 0.3) is 0 Å². The molecule has 0 saturated carbocycles. The van der Waals surface area contributed by atoms with Crippen LogP contribution in [0.3, 0.4) is 0 Å². The molecule has 0 aromatic heterocycles. The molecule has 0 aromatic rings. The van der Waals surface area contributed by atoms with Gasteiger partial charge in [-0.05, 0) is 57.8 Å². The van der Waals surface area contributed by atoms with E-state index in [0.717, 1.165) is 64.2 Å². The van der Waals surface area contributed by atoms with Crippen molar-refractivity contribution in [3.63, 3.8) is 0 Å². The Morgan fingerprint density at radius 2 is 1.03 bits per heavy atom. The summed E-state index contributed by atoms with van der Waals surface area (Å²) >= 11 is 0. The number of rotatable bonds is 37. The molecule has 1 amide bonds. The third-order valence-electron chi connectivity index (χ3n) is 11.9. The predicted octanol–water partition coefficient (Wildman–Crippen LogP) is 6.60. The number of unbranched alkanes of at least 4 members (excludes halogenated alkanes) is 12. The third kappa shape index (κ3) is 26.1. The molecule has 0 radical (unpaired) electrons. The first kappa shape index (κ1) is 60.3. The number of carbonyl (C=O) groups is 1. The number of nitrogens with one attached hydrogen (secondary N) is 1. The molecular formula is C53H89NO13. The lowest BCUT2D eigenvalue weighted by molar-refractivity contribution is -0.359. The molecular weight excluding hydrogens is 859 g/mol. The fourth-order valence-corrected chi connectivity index (χ4v) is 7.72. The number of aliphatic hydroxyl groups excluding tert-OH is 8. The molecule has 0 aliphatic carbocycles. The summed E-state index contributed by atoms with van der Waals surface area (Å²) in [5.74, 6) is -0.326. The lowest BCUT2D eigenvalue weighted by Crippen LogP contribution is -2.65. The highest BCUT2D eigenvalue weighted by atomic mass is 16.7. The Hall–Kier alpha value is -2.83. The van der Waals surface area contributed by atoms with Crippen LogP contribution in [-0.2, 0) is 23.7 Å². The van der Waals surface area contributed by atoms with Crippen LogP contribution in [0.2, 0.25) is 0 Å². The van der Waals surface area contributed by atoms with Crippen molar-refractivity contribution in [1.82, 2.24) is 5.32 Å². The Bertz CT molecular complexity index is 1450. The van der Waals surface area contributed by atoms with Crippen LogP contribution in [0.15, 0.2) is 85.1 Å². The van der Waals surface area contributed by atoms with Crippen LogP contribution in [0.4, 0.5) is 0 Å². The van der Waals surface area contributed by atoms with E-state index in [9.17, 15) is 45.6 Å². The van der Waals surface area contributed by atoms with Gasteiger partial charge in [0.15, 0.2) is 12.6 Å². The molecule has 14 heteroatoms. The van der Waals surface area contributed by atoms with E-state index in [2.05, 4.69) is 79.9 Å². The van der Waals surface area contributed by atoms with Crippen molar-refractivity contribution in [2.24, 2.45) is 0 Å². The number of ether oxygens (including phenoxy) is 4. The quantitative estimate of drug-likeness (QED) is 0.0237. The van der Waals surface area contributed by atoms with Crippen LogP contribution in [0, 0.1) is 0 Å². The minimum absolute atomic E-state index is 0.152. The van der Waals surface area contributed by atoms with E-state index < -0.39 is 86.8 Å². The summed E-state index contributed by atoms with van der Waals surface area (Å²) in [5, 5.41) is 86.6. The number of aliphatic hydroxyl groups is 8. The van der Waals surface area contributed by atoms with Crippen molar-refractivity contribution < 1.29 is 64.6 Å². The van der Waals surface area contributed by atoms with Gasteiger partial charge in [-0.25, -0.2) is 0 Å². The van der Waals surface area contributed by atoms with E-state index >= 15 is 0 Å². The largest absolute Gasteiger partial charge is 0.394 e. The topological polar surface area (TPSA) is 228 Å². The average Bonchev–Trinajstić information content (AvgIpc) is 3.32. The lowest BCUT2D eigenvalue weighted by atomic mass is 9.97. The summed E-state index contributed by atoms with van der Waals surface area (Å²) in [7, 11) is 0. The van der Waals surface area contributed by atoms with Gasteiger partial charge in [0.05, 0.1) is 32.0 Å². The summed E-state index contributed by atoms with van der Waals surface area (Å²) in [6, 6.07) is -0.959. The summed E-state index contributed by atoms with van der Waals surface area (Å²) in [6.07, 6.45) is 33.4. The smallest absolute Gasteiger partial charge is 0.220 e. The van der Waals surface area contributed by atoms with Gasteiger partial charge in [0.1, 0.15) is 48.8 Å². The number of allylic oxidation sites excluding steroid dienone is 13. The zero-order valence-corrected chi connectivity index (χ0v) is 40.6. The fraction of sp³-hybridized carbons (Fsp3) is 0.717. The van der Waals surface area contributed by atoms with Gasteiger partial charge in [-0.1, -0.05) is 170 Å². The monoisotopic (exact) mass is 948 g/mol. The molecule has 12 atom stereocenters. The molecule has 0 spiro atoms. The second-order valence-electron chi connectivity index (χ2n) is 17.6. The van der Waals surface area contributed by atoms with Gasteiger partial charge < -0.3 is 65.1 Å². The van der Waals surface area contributed by atoms with Crippen molar-refractivity contribution in [1.29, 1.82) is 0 Å². The average molecular weight is 948 g/mol. The van der Waals surface area contributed by atoms with Crippen LogP contribution < -0.4 is 5.32 Å². The zero-order chi connectivity index (χ0) is 48.9. The summed E-state index contributed by atoms with van der Waals surface area (Å²) in [4.78, 5) is 13.1. The Kier molecular flexibility index (Phi) is 35.1. The number of hydrogen-bond acceptors (Lipinski definition) is 13. The Morgan fingerprint density at radius 3 is 1.55 bits per heavy atom. The van der Waals surface area contributed by atoms with E-state index in [-0.39, 0.29) is 18.9 Å². The van der Waals surface area contributed by atoms with Crippen LogP contribution in [0.25, 0.3) is 0 Å². The van der Waals surface area contributed by atoms with E-state index in [1.165, 1.54) is 57.8 Å². The molecule has 2 aliphatic heterocycles. The highest BCUT2D eigenvalue weighted by Gasteiger charge is 2.51. The van der Waals surface area contributed by atoms with E-state index in [0.29, 0.717) is 6.42 Å². The van der Waals surface area contributed by atoms with Gasteiger partial charge in [-0.2, -0.15) is 0 Å². The molecule has 384 valence electrons. The molecule has 0 aromatic carbocycles. The molecule has 14 nitrogen and oxygen atoms in total. The summed E-state index contributed by atoms with van der Waals surface area (Å²) in [6.45, 7) is 2.59. The second-order valence-corrected chi connectivity index (χ2v) is 17.6. The number of carbonyl (C=O) groups excluding carboxylic acids is 1. The number of hydrogen-bond donors (Lipinski definition) is 9. The van der Waals surface area contributed by atoms with Crippen LogP contribution in [-0.4, -0.2) is 140 Å². The SMILES string of the molecule is CC/C=C\C/C=C\C/C=C\C/C=C\C/C=C\C/C=C\CCC(=O)NC(COC1OC(CO)C(OC2OC(CO)C(O)C(O)C2O)C(O)C1O)C(O)/C=C/CCCCCCCCCCCCCC. The molecule has 2 rings (SSSR count). The normalized spacial score (nSPS) is 27.3. The van der Waals surface area contributed by atoms with E-state index in [1.54, 1.807) is 6.08 Å². The van der Waals surface area contributed by atoms with Gasteiger partial charge in [-0.15, -0.1) is 0 Å². The van der Waals surface area contributed by atoms with E-state index in [1.807, 2.05) is 18.2 Å². The first-order valence-electron chi connectivity index (χ1n) is 25.3. The summed E-state index contributed by atoms with van der Waals surface area (Å²) in [5.41, 5.74) is 0. The standard InChI is InChI=1S/C53H89NO13/c1-3-5-7-9-11-13-15-17-19-20-21-22-23-25-27-29-31-33-35-37-45(58)54-41(42(57)36-34-32-30-28-26-24-18-16-14-12-10-8-6-4-2)40-64-52-50(63)48(61)51(44(39-56)66-52)67-53-49(62)47(60)46(59)43(38-55)65-53/h5,7,11,13,17,19,21-22,25,27,31,33-34,36,41-44,46-53,55-57,59-63H,3-4,6,8-10,12,14-16,18,20,23-24,26,28-30,32,35,37-40H2,1-2H3,(H,54,58)/b7-5-,13-11-,19-17-,22-21-,27-25-,33-31-,36-34+. The van der Waals surface area contributed by atoms with Crippen molar-refractivity contribution in [2.45, 2.75) is 222 Å². The minimum Gasteiger partial charge on any atom is -0.394 e. The fourth-order valence-electron chi connectivity index (χ4n) is 7.72. The predicted molar refractivity (Wildman–Crippen MR) is 263 cm³/mol. The molecule has 67 heavy (non-hydrogen) atoms. The summed E-state index contributed by atoms with van der Waals surface area (Å²) < 4.78 is 22.6. The molecule has 9 N–H and O–H groups in total. The Labute approximate surface area is 401 Å². The van der Waals surface area contributed by atoms with Crippen molar-refractivity contribution in [3.8, 4) is 0 Å². The molecule has 2 saturated heterocycles. The first-order valence-corrected chi connectivity index (χ1v) is 25.3. The van der Waals surface area contributed by atoms with Crippen molar-refractivity contribution in [2.75, 3.05) is 19.8 Å². The van der Waals surface area contributed by atoms with Crippen molar-refractivity contribution >= 4 is 5.91 Å². The Balaban J connectivity index is 1.89. The minimum atomic E-state index is -1.80. The van der Waals surface area contributed by atoms with Gasteiger partial charge in [-0.3, -0.25) is 4.79 Å². The Morgan fingerprint density at radius 1 is 0.552 bits per heavy atom. The van der Waals surface area contributed by atoms with Crippen molar-refractivity contribution in [3.05, 3.63) is 85.1 Å².